The van der Waals surface area contributed by atoms with E-state index in [0.717, 1.165) is 0 Å². The molecule has 106 valence electrons. The number of hydrogen-bond donors (Lipinski definition) is 2. The van der Waals surface area contributed by atoms with E-state index in [0.29, 0.717) is 18.9 Å². The van der Waals surface area contributed by atoms with E-state index in [4.69, 9.17) is 5.11 Å². The van der Waals surface area contributed by atoms with Gasteiger partial charge in [-0.25, -0.2) is 9.59 Å². The topological polar surface area (TPSA) is 69.6 Å². The summed E-state index contributed by atoms with van der Waals surface area (Å²) < 4.78 is 0. The van der Waals surface area contributed by atoms with Crippen molar-refractivity contribution >= 4 is 12.0 Å². The van der Waals surface area contributed by atoms with Crippen molar-refractivity contribution in [2.45, 2.75) is 47.1 Å². The maximum absolute atomic E-state index is 11.9. The number of urea groups is 1. The molecule has 18 heavy (non-hydrogen) atoms. The number of hydrogen-bond acceptors (Lipinski definition) is 2. The van der Waals surface area contributed by atoms with Gasteiger partial charge in [0.2, 0.25) is 0 Å². The minimum absolute atomic E-state index is 0.0125. The lowest BCUT2D eigenvalue weighted by molar-refractivity contribution is -0.141. The summed E-state index contributed by atoms with van der Waals surface area (Å²) in [6, 6.07) is -1.11. The Kier molecular flexibility index (Phi) is 6.15. The molecule has 0 rings (SSSR count). The fourth-order valence-corrected chi connectivity index (χ4v) is 1.39. The van der Waals surface area contributed by atoms with Gasteiger partial charge in [0, 0.05) is 13.6 Å². The number of rotatable bonds is 6. The van der Waals surface area contributed by atoms with Crippen LogP contribution in [0.25, 0.3) is 0 Å². The van der Waals surface area contributed by atoms with E-state index in [2.05, 4.69) is 33.0 Å². The Labute approximate surface area is 110 Å². The quantitative estimate of drug-likeness (QED) is 0.767. The third-order valence-electron chi connectivity index (χ3n) is 3.72. The fourth-order valence-electron chi connectivity index (χ4n) is 1.39. The number of likely N-dealkylation sites (N-methyl/N-ethyl adjacent to an activating group) is 1. The zero-order chi connectivity index (χ0) is 14.5. The number of carbonyl (C=O) groups is 2. The van der Waals surface area contributed by atoms with Crippen molar-refractivity contribution in [1.29, 1.82) is 0 Å². The van der Waals surface area contributed by atoms with Crippen molar-refractivity contribution in [1.82, 2.24) is 10.2 Å². The summed E-state index contributed by atoms with van der Waals surface area (Å²) in [7, 11) is 1.51. The summed E-state index contributed by atoms with van der Waals surface area (Å²) in [5, 5.41) is 11.8. The molecule has 0 radical (unpaired) electrons. The predicted molar refractivity (Wildman–Crippen MR) is 71.5 cm³/mol. The van der Waals surface area contributed by atoms with E-state index in [1.54, 1.807) is 6.92 Å². The van der Waals surface area contributed by atoms with Crippen LogP contribution in [-0.2, 0) is 4.79 Å². The minimum atomic E-state index is -0.974. The first kappa shape index (κ1) is 16.7. The fraction of sp³-hybridized carbons (Fsp3) is 0.846. The Balaban J connectivity index is 4.46. The molecule has 1 atom stereocenters. The monoisotopic (exact) mass is 258 g/mol. The molecule has 0 aromatic carbocycles. The maximum Gasteiger partial charge on any atom is 0.326 e. The molecule has 5 nitrogen and oxygen atoms in total. The van der Waals surface area contributed by atoms with Crippen LogP contribution in [0.4, 0.5) is 4.79 Å². The van der Waals surface area contributed by atoms with Gasteiger partial charge in [0.1, 0.15) is 6.04 Å². The molecule has 0 spiro atoms. The molecule has 0 aliphatic heterocycles. The average Bonchev–Trinajstić information content (AvgIpc) is 2.25. The largest absolute Gasteiger partial charge is 0.480 e. The van der Waals surface area contributed by atoms with Crippen LogP contribution >= 0.6 is 0 Å². The molecule has 0 aromatic rings. The lowest BCUT2D eigenvalue weighted by Gasteiger charge is -2.31. The molecule has 2 N–H and O–H groups in total. The maximum atomic E-state index is 11.9. The van der Waals surface area contributed by atoms with Crippen molar-refractivity contribution in [3.63, 3.8) is 0 Å². The summed E-state index contributed by atoms with van der Waals surface area (Å²) in [6.45, 7) is 10.6. The molecule has 0 fully saturated rings. The van der Waals surface area contributed by atoms with Gasteiger partial charge >= 0.3 is 12.0 Å². The molecule has 0 saturated heterocycles. The van der Waals surface area contributed by atoms with Crippen LogP contribution in [0.1, 0.15) is 41.0 Å². The van der Waals surface area contributed by atoms with Gasteiger partial charge < -0.3 is 15.3 Å². The van der Waals surface area contributed by atoms with Crippen LogP contribution in [0, 0.1) is 11.3 Å². The Morgan fingerprint density at radius 1 is 1.33 bits per heavy atom. The molecule has 1 unspecified atom stereocenters. The summed E-state index contributed by atoms with van der Waals surface area (Å²) in [5.41, 5.74) is -0.0125. The van der Waals surface area contributed by atoms with Crippen LogP contribution in [-0.4, -0.2) is 41.6 Å². The summed E-state index contributed by atoms with van der Waals surface area (Å²) in [6.07, 6.45) is 0.396. The van der Waals surface area contributed by atoms with Crippen LogP contribution in [0.2, 0.25) is 0 Å². The Bertz CT molecular complexity index is 301. The molecule has 0 bridgehead atoms. The molecule has 0 aliphatic rings. The summed E-state index contributed by atoms with van der Waals surface area (Å²) >= 11 is 0. The SMILES string of the molecule is CCC(C(=O)O)N(C)C(=O)NCC(C)(C)C(C)C. The highest BCUT2D eigenvalue weighted by atomic mass is 16.4. The average molecular weight is 258 g/mol. The van der Waals surface area contributed by atoms with E-state index in [9.17, 15) is 9.59 Å². The first-order valence-corrected chi connectivity index (χ1v) is 6.37. The van der Waals surface area contributed by atoms with E-state index in [1.807, 2.05) is 0 Å². The molecule has 2 amide bonds. The van der Waals surface area contributed by atoms with Gasteiger partial charge in [-0.3, -0.25) is 0 Å². The number of carboxylic acids is 1. The highest BCUT2D eigenvalue weighted by Crippen LogP contribution is 2.24. The van der Waals surface area contributed by atoms with Crippen LogP contribution < -0.4 is 5.32 Å². The van der Waals surface area contributed by atoms with E-state index in [-0.39, 0.29) is 11.4 Å². The van der Waals surface area contributed by atoms with Crippen LogP contribution in [0.3, 0.4) is 0 Å². The van der Waals surface area contributed by atoms with E-state index in [1.165, 1.54) is 11.9 Å². The second kappa shape index (κ2) is 6.61. The van der Waals surface area contributed by atoms with E-state index < -0.39 is 12.0 Å². The van der Waals surface area contributed by atoms with Gasteiger partial charge in [-0.2, -0.15) is 0 Å². The van der Waals surface area contributed by atoms with Crippen molar-refractivity contribution in [3.05, 3.63) is 0 Å². The van der Waals surface area contributed by atoms with Gasteiger partial charge in [0.15, 0.2) is 0 Å². The Morgan fingerprint density at radius 3 is 2.17 bits per heavy atom. The number of aliphatic carboxylic acids is 1. The summed E-state index contributed by atoms with van der Waals surface area (Å²) in [5.74, 6) is -0.539. The predicted octanol–water partition coefficient (Wildman–Crippen LogP) is 2.17. The van der Waals surface area contributed by atoms with Crippen LogP contribution in [0.15, 0.2) is 0 Å². The van der Waals surface area contributed by atoms with Gasteiger partial charge in [-0.1, -0.05) is 34.6 Å². The molecule has 0 aliphatic carbocycles. The van der Waals surface area contributed by atoms with E-state index >= 15 is 0 Å². The summed E-state index contributed by atoms with van der Waals surface area (Å²) in [4.78, 5) is 24.1. The first-order valence-electron chi connectivity index (χ1n) is 6.37. The first-order chi connectivity index (χ1) is 8.13. The Hall–Kier alpha value is -1.26. The molecular formula is C13H26N2O3. The zero-order valence-electron chi connectivity index (χ0n) is 12.3. The minimum Gasteiger partial charge on any atom is -0.480 e. The van der Waals surface area contributed by atoms with Crippen molar-refractivity contribution in [3.8, 4) is 0 Å². The third-order valence-corrected chi connectivity index (χ3v) is 3.72. The second-order valence-electron chi connectivity index (χ2n) is 5.68. The van der Waals surface area contributed by atoms with Crippen LogP contribution in [0.5, 0.6) is 0 Å². The Morgan fingerprint density at radius 2 is 1.83 bits per heavy atom. The normalized spacial score (nSPS) is 13.3. The van der Waals surface area contributed by atoms with Crippen molar-refractivity contribution in [2.24, 2.45) is 11.3 Å². The number of amides is 2. The molecule has 0 aromatic heterocycles. The second-order valence-corrected chi connectivity index (χ2v) is 5.68. The van der Waals surface area contributed by atoms with Gasteiger partial charge in [0.25, 0.3) is 0 Å². The molecular weight excluding hydrogens is 232 g/mol. The van der Waals surface area contributed by atoms with Crippen molar-refractivity contribution in [2.75, 3.05) is 13.6 Å². The molecule has 0 saturated carbocycles. The number of nitrogens with zero attached hydrogens (tertiary/aromatic N) is 1. The standard InChI is InChI=1S/C13H26N2O3/c1-7-10(11(16)17)15(6)12(18)14-8-13(4,5)9(2)3/h9-10H,7-8H2,1-6H3,(H,14,18)(H,16,17). The molecule has 5 heteroatoms. The van der Waals surface area contributed by atoms with Gasteiger partial charge in [-0.05, 0) is 17.8 Å². The van der Waals surface area contributed by atoms with Gasteiger partial charge in [-0.15, -0.1) is 0 Å². The zero-order valence-corrected chi connectivity index (χ0v) is 12.3. The number of nitrogens with one attached hydrogen (secondary N) is 1. The van der Waals surface area contributed by atoms with Gasteiger partial charge in [0.05, 0.1) is 0 Å². The smallest absolute Gasteiger partial charge is 0.326 e. The third kappa shape index (κ3) is 4.55. The molecule has 0 heterocycles. The lowest BCUT2D eigenvalue weighted by atomic mass is 9.81. The van der Waals surface area contributed by atoms with Crippen molar-refractivity contribution < 1.29 is 14.7 Å². The number of carboxylic acid groups (broad SMARTS) is 1. The highest BCUT2D eigenvalue weighted by Gasteiger charge is 2.27. The lowest BCUT2D eigenvalue weighted by Crippen LogP contribution is -2.49. The highest BCUT2D eigenvalue weighted by molar-refractivity contribution is 5.82. The number of carbonyl (C=O) groups excluding carboxylic acids is 1.